The van der Waals surface area contributed by atoms with E-state index in [1.54, 1.807) is 0 Å². The maximum Gasteiger partial charge on any atom is 0.228 e. The molecule has 0 aliphatic rings. The Morgan fingerprint density at radius 3 is 2.33 bits per heavy atom. The molecule has 1 N–H and O–H groups in total. The largest absolute Gasteiger partial charge is 0.314 e. The number of nitrogens with one attached hydrogen (secondary N) is 1. The first kappa shape index (κ1) is 14.7. The Balaban J connectivity index is 0. The summed E-state index contributed by atoms with van der Waals surface area (Å²) in [6.07, 6.45) is 0. The van der Waals surface area contributed by atoms with Crippen molar-refractivity contribution in [3.63, 3.8) is 0 Å². The Kier molecular flexibility index (Phi) is 9.49. The third-order valence-electron chi connectivity index (χ3n) is 1.28. The molecular weight excluding hydrogens is 204 g/mol. The third-order valence-corrected chi connectivity index (χ3v) is 1.59. The second-order valence-corrected chi connectivity index (χ2v) is 3.09. The molecule has 0 amide bonds. The van der Waals surface area contributed by atoms with Crippen LogP contribution in [0, 0.1) is 5.92 Å². The normalized spacial score (nSPS) is 12.4. The molecule has 0 radical (unpaired) electrons. The van der Waals surface area contributed by atoms with Crippen LogP contribution >= 0.6 is 24.0 Å². The smallest absolute Gasteiger partial charge is 0.228 e. The highest BCUT2D eigenvalue weighted by atomic mass is 35.5. The fourth-order valence-electron chi connectivity index (χ4n) is 0.573. The molecule has 0 heterocycles. The Bertz CT molecular complexity index is 133. The zero-order chi connectivity index (χ0) is 8.85. The molecule has 0 fully saturated rings. The minimum atomic E-state index is -0.695. The maximum atomic E-state index is 12.0. The lowest BCUT2D eigenvalue weighted by atomic mass is 10.2. The summed E-state index contributed by atoms with van der Waals surface area (Å²) < 4.78 is 12.0. The van der Waals surface area contributed by atoms with Crippen molar-refractivity contribution < 1.29 is 9.18 Å². The number of halogens is 3. The first-order chi connectivity index (χ1) is 5.07. The highest BCUT2D eigenvalue weighted by Crippen LogP contribution is 2.01. The van der Waals surface area contributed by atoms with E-state index in [9.17, 15) is 9.18 Å². The van der Waals surface area contributed by atoms with Gasteiger partial charge >= 0.3 is 0 Å². The van der Waals surface area contributed by atoms with E-state index in [-0.39, 0.29) is 18.4 Å². The van der Waals surface area contributed by atoms with E-state index in [2.05, 4.69) is 5.32 Å². The lowest BCUT2D eigenvalue weighted by Crippen LogP contribution is -2.32. The Hall–Kier alpha value is 0.140. The van der Waals surface area contributed by atoms with Gasteiger partial charge < -0.3 is 5.32 Å². The monoisotopic (exact) mass is 217 g/mol. The van der Waals surface area contributed by atoms with Crippen LogP contribution in [-0.2, 0) is 4.79 Å². The zero-order valence-electron chi connectivity index (χ0n) is 7.14. The van der Waals surface area contributed by atoms with E-state index in [0.29, 0.717) is 6.54 Å². The van der Waals surface area contributed by atoms with Crippen LogP contribution in [0.25, 0.3) is 0 Å². The molecular formula is C7H14Cl2FNO. The summed E-state index contributed by atoms with van der Waals surface area (Å²) in [5, 5.41) is 2.32. The van der Waals surface area contributed by atoms with Gasteiger partial charge in [0.1, 0.15) is 6.67 Å². The van der Waals surface area contributed by atoms with Crippen LogP contribution in [0.15, 0.2) is 0 Å². The second-order valence-electron chi connectivity index (χ2n) is 2.72. The molecule has 0 saturated heterocycles. The fourth-order valence-corrected chi connectivity index (χ4v) is 0.709. The minimum absolute atomic E-state index is 0. The third kappa shape index (κ3) is 6.83. The van der Waals surface area contributed by atoms with E-state index in [1.807, 2.05) is 13.8 Å². The Labute approximate surface area is 83.3 Å². The summed E-state index contributed by atoms with van der Waals surface area (Å²) >= 11 is 5.11. The highest BCUT2D eigenvalue weighted by Gasteiger charge is 2.15. The van der Waals surface area contributed by atoms with Crippen molar-refractivity contribution in [2.75, 3.05) is 13.2 Å². The van der Waals surface area contributed by atoms with Crippen LogP contribution in [0.1, 0.15) is 13.8 Å². The number of alkyl halides is 1. The van der Waals surface area contributed by atoms with Gasteiger partial charge in [0.05, 0.1) is 5.92 Å². The van der Waals surface area contributed by atoms with Gasteiger partial charge in [0, 0.05) is 12.6 Å². The average molecular weight is 218 g/mol. The van der Waals surface area contributed by atoms with Crippen molar-refractivity contribution in [2.45, 2.75) is 19.9 Å². The molecule has 5 heteroatoms. The van der Waals surface area contributed by atoms with Crippen molar-refractivity contribution in [3.8, 4) is 0 Å². The van der Waals surface area contributed by atoms with Gasteiger partial charge in [0.25, 0.3) is 0 Å². The number of hydrogen-bond donors (Lipinski definition) is 1. The fraction of sp³-hybridized carbons (Fsp3) is 0.857. The van der Waals surface area contributed by atoms with Crippen LogP contribution in [0.3, 0.4) is 0 Å². The van der Waals surface area contributed by atoms with Crippen LogP contribution in [-0.4, -0.2) is 24.5 Å². The van der Waals surface area contributed by atoms with Gasteiger partial charge in [-0.25, -0.2) is 0 Å². The SMILES string of the molecule is CC(C)NCC(CF)C(=O)Cl.Cl. The molecule has 0 aromatic rings. The van der Waals surface area contributed by atoms with Crippen LogP contribution in [0.5, 0.6) is 0 Å². The molecule has 74 valence electrons. The van der Waals surface area contributed by atoms with Crippen molar-refractivity contribution in [1.29, 1.82) is 0 Å². The van der Waals surface area contributed by atoms with E-state index in [1.165, 1.54) is 0 Å². The summed E-state index contributed by atoms with van der Waals surface area (Å²) in [5.74, 6) is -0.695. The van der Waals surface area contributed by atoms with E-state index in [4.69, 9.17) is 11.6 Å². The summed E-state index contributed by atoms with van der Waals surface area (Å²) in [6.45, 7) is 3.47. The molecule has 0 rings (SSSR count). The molecule has 0 aliphatic heterocycles. The quantitative estimate of drug-likeness (QED) is 0.712. The number of hydrogen-bond acceptors (Lipinski definition) is 2. The summed E-state index contributed by atoms with van der Waals surface area (Å²) in [6, 6.07) is 0.250. The molecule has 0 aliphatic carbocycles. The van der Waals surface area contributed by atoms with E-state index < -0.39 is 17.8 Å². The van der Waals surface area contributed by atoms with Crippen LogP contribution in [0.2, 0.25) is 0 Å². The highest BCUT2D eigenvalue weighted by molar-refractivity contribution is 6.64. The van der Waals surface area contributed by atoms with E-state index >= 15 is 0 Å². The Morgan fingerprint density at radius 1 is 1.58 bits per heavy atom. The van der Waals surface area contributed by atoms with Crippen molar-refractivity contribution in [3.05, 3.63) is 0 Å². The van der Waals surface area contributed by atoms with Gasteiger partial charge in [-0.05, 0) is 11.6 Å². The van der Waals surface area contributed by atoms with Gasteiger partial charge in [0.2, 0.25) is 5.24 Å². The van der Waals surface area contributed by atoms with E-state index in [0.717, 1.165) is 0 Å². The molecule has 1 unspecified atom stereocenters. The predicted octanol–water partition coefficient (Wildman–Crippen LogP) is 1.76. The first-order valence-electron chi connectivity index (χ1n) is 3.56. The summed E-state index contributed by atoms with van der Waals surface area (Å²) in [7, 11) is 0. The van der Waals surface area contributed by atoms with Crippen molar-refractivity contribution in [1.82, 2.24) is 5.32 Å². The lowest BCUT2D eigenvalue weighted by molar-refractivity contribution is -0.115. The van der Waals surface area contributed by atoms with Gasteiger partial charge in [0.15, 0.2) is 0 Å². The number of carbonyl (C=O) groups is 1. The predicted molar refractivity (Wildman–Crippen MR) is 50.7 cm³/mol. The first-order valence-corrected chi connectivity index (χ1v) is 3.94. The number of rotatable bonds is 5. The molecule has 1 atom stereocenters. The maximum absolute atomic E-state index is 12.0. The summed E-state index contributed by atoms with van der Waals surface area (Å²) in [5.41, 5.74) is 0. The standard InChI is InChI=1S/C7H13ClFNO.ClH/c1-5(2)10-4-6(3-9)7(8)11;/h5-6,10H,3-4H2,1-2H3;1H. The summed E-state index contributed by atoms with van der Waals surface area (Å²) in [4.78, 5) is 10.5. The molecule has 0 saturated carbocycles. The van der Waals surface area contributed by atoms with Crippen molar-refractivity contribution >= 4 is 29.3 Å². The van der Waals surface area contributed by atoms with Gasteiger partial charge in [-0.2, -0.15) is 0 Å². The van der Waals surface area contributed by atoms with Gasteiger partial charge in [-0.1, -0.05) is 13.8 Å². The molecule has 0 spiro atoms. The second kappa shape index (κ2) is 7.77. The molecule has 0 aromatic carbocycles. The van der Waals surface area contributed by atoms with Crippen LogP contribution < -0.4 is 5.32 Å². The minimum Gasteiger partial charge on any atom is -0.314 e. The number of carbonyl (C=O) groups excluding carboxylic acids is 1. The molecule has 12 heavy (non-hydrogen) atoms. The zero-order valence-corrected chi connectivity index (χ0v) is 8.71. The van der Waals surface area contributed by atoms with Crippen LogP contribution in [0.4, 0.5) is 4.39 Å². The topological polar surface area (TPSA) is 29.1 Å². The molecule has 0 aromatic heterocycles. The molecule has 0 bridgehead atoms. The van der Waals surface area contributed by atoms with Gasteiger partial charge in [-0.15, -0.1) is 12.4 Å². The molecule has 2 nitrogen and oxygen atoms in total. The average Bonchev–Trinajstić information content (AvgIpc) is 1.87. The lowest BCUT2D eigenvalue weighted by Gasteiger charge is -2.11. The van der Waals surface area contributed by atoms with Crippen molar-refractivity contribution in [2.24, 2.45) is 5.92 Å². The Morgan fingerprint density at radius 2 is 2.08 bits per heavy atom. The van der Waals surface area contributed by atoms with Gasteiger partial charge in [-0.3, -0.25) is 9.18 Å².